The molecule has 11 heteroatoms. The van der Waals surface area contributed by atoms with Crippen molar-refractivity contribution in [1.82, 2.24) is 24.3 Å². The minimum Gasteiger partial charge on any atom is -0.380 e. The summed E-state index contributed by atoms with van der Waals surface area (Å²) in [6.07, 6.45) is 12.4. The molecular formula is C40H59N5O5Si. The molecule has 10 nitrogen and oxygen atoms in total. The van der Waals surface area contributed by atoms with E-state index in [1.807, 2.05) is 37.5 Å². The zero-order valence-corrected chi connectivity index (χ0v) is 32.4. The maximum Gasteiger partial charge on any atom is 0.258 e. The highest BCUT2D eigenvalue weighted by molar-refractivity contribution is 6.76. The van der Waals surface area contributed by atoms with Gasteiger partial charge in [0.05, 0.1) is 24.5 Å². The summed E-state index contributed by atoms with van der Waals surface area (Å²) in [5.41, 5.74) is 1.94. The standard InChI is InChI=1S/C40H59N5O5Si/c1-5-32(46)10-7-6-8-11-35-37-41-28-36(45(37)29-50-24-25-51(2,3)4)31-12-13-33-30(26-31)14-18-44(39(33)48)21-23-49-22-9-17-43-19-15-40(16-20-43)27-34(40)38(47)42-35/h12-14,18,26,28,34-35H,5-11,15-17,19-25,27,29H2,1-4H3,(H,42,47)/t34-,35+/m1/s1. The summed E-state index contributed by atoms with van der Waals surface area (Å²) in [4.78, 5) is 47.0. The summed E-state index contributed by atoms with van der Waals surface area (Å²) in [5, 5.41) is 5.03. The molecule has 1 aromatic carbocycles. The van der Waals surface area contributed by atoms with Gasteiger partial charge < -0.3 is 28.8 Å². The van der Waals surface area contributed by atoms with Gasteiger partial charge in [-0.2, -0.15) is 0 Å². The van der Waals surface area contributed by atoms with Crippen LogP contribution in [0, 0.1) is 11.3 Å². The molecule has 1 amide bonds. The number of nitrogens with one attached hydrogen (secondary N) is 1. The van der Waals surface area contributed by atoms with Gasteiger partial charge in [0, 0.05) is 70.3 Å². The first-order valence-electron chi connectivity index (χ1n) is 19.5. The van der Waals surface area contributed by atoms with Crippen LogP contribution in [0.2, 0.25) is 25.7 Å². The number of piperidine rings is 1. The second-order valence-electron chi connectivity index (χ2n) is 16.4. The van der Waals surface area contributed by atoms with E-state index in [2.05, 4.69) is 40.5 Å². The van der Waals surface area contributed by atoms with Crippen LogP contribution in [0.5, 0.6) is 0 Å². The predicted octanol–water partition coefficient (Wildman–Crippen LogP) is 6.79. The van der Waals surface area contributed by atoms with Crippen LogP contribution in [0.15, 0.2) is 41.5 Å². The van der Waals surface area contributed by atoms with E-state index in [1.165, 1.54) is 0 Å². The van der Waals surface area contributed by atoms with Crippen molar-refractivity contribution in [3.05, 3.63) is 52.8 Å². The third-order valence-corrected chi connectivity index (χ3v) is 13.1. The molecule has 2 aromatic heterocycles. The van der Waals surface area contributed by atoms with Crippen molar-refractivity contribution in [2.24, 2.45) is 11.3 Å². The molecule has 0 unspecified atom stereocenters. The Balaban J connectivity index is 1.33. The van der Waals surface area contributed by atoms with Crippen molar-refractivity contribution in [1.29, 1.82) is 0 Å². The van der Waals surface area contributed by atoms with E-state index in [1.54, 1.807) is 4.57 Å². The maximum atomic E-state index is 14.1. The SMILES string of the molecule is CCC(=O)CCCCC[C@@H]1NC(=O)[C@H]2CC23CCN(CCCOCCn2ccc4cc(ccc4c2=O)-c2cnc1n2COCC[Si](C)(C)C)CC3. The molecule has 1 N–H and O–H groups in total. The van der Waals surface area contributed by atoms with E-state index >= 15 is 0 Å². The largest absolute Gasteiger partial charge is 0.380 e. The second kappa shape index (κ2) is 16.7. The number of hydrogen-bond donors (Lipinski definition) is 1. The summed E-state index contributed by atoms with van der Waals surface area (Å²) >= 11 is 0. The average Bonchev–Trinajstić information content (AvgIpc) is 3.65. The molecule has 1 saturated carbocycles. The number of imidazole rings is 1. The van der Waals surface area contributed by atoms with Gasteiger partial charge in [0.1, 0.15) is 18.3 Å². The van der Waals surface area contributed by atoms with E-state index in [-0.39, 0.29) is 28.8 Å². The number of benzene rings is 1. The molecule has 2 fully saturated rings. The summed E-state index contributed by atoms with van der Waals surface area (Å²) < 4.78 is 16.2. The molecule has 1 aliphatic carbocycles. The molecule has 10 rings (SSSR count). The molecule has 0 radical (unpaired) electrons. The number of amides is 1. The van der Waals surface area contributed by atoms with Crippen molar-refractivity contribution in [3.63, 3.8) is 0 Å². The summed E-state index contributed by atoms with van der Waals surface area (Å²) in [6.45, 7) is 14.7. The first-order valence-corrected chi connectivity index (χ1v) is 23.2. The number of hydrogen-bond acceptors (Lipinski definition) is 7. The Kier molecular flexibility index (Phi) is 12.3. The van der Waals surface area contributed by atoms with Crippen LogP contribution in [0.4, 0.5) is 0 Å². The molecule has 7 aliphatic rings. The molecule has 278 valence electrons. The second-order valence-corrected chi connectivity index (χ2v) is 22.0. The topological polar surface area (TPSA) is 108 Å². The highest BCUT2D eigenvalue weighted by Gasteiger charge is 2.58. The van der Waals surface area contributed by atoms with Crippen molar-refractivity contribution >= 4 is 30.5 Å². The number of ketones is 1. The number of nitrogens with zero attached hydrogens (tertiary/aromatic N) is 4. The number of ether oxygens (including phenoxy) is 2. The molecule has 1 spiro atoms. The summed E-state index contributed by atoms with van der Waals surface area (Å²) in [5.74, 6) is 1.28. The van der Waals surface area contributed by atoms with Crippen LogP contribution in [0.3, 0.4) is 0 Å². The van der Waals surface area contributed by atoms with Gasteiger partial charge in [0.25, 0.3) is 5.56 Å². The molecule has 3 aromatic rings. The van der Waals surface area contributed by atoms with Gasteiger partial charge in [-0.15, -0.1) is 0 Å². The third-order valence-electron chi connectivity index (χ3n) is 11.4. The van der Waals surface area contributed by atoms with Crippen LogP contribution in [0.25, 0.3) is 22.0 Å². The Labute approximate surface area is 304 Å². The van der Waals surface area contributed by atoms with Gasteiger partial charge in [-0.3, -0.25) is 14.4 Å². The Morgan fingerprint density at radius 3 is 2.67 bits per heavy atom. The minimum atomic E-state index is -1.30. The quantitative estimate of drug-likeness (QED) is 0.163. The number of unbranched alkanes of at least 4 members (excludes halogenated alkanes) is 2. The van der Waals surface area contributed by atoms with Gasteiger partial charge in [0.15, 0.2) is 0 Å². The normalized spacial score (nSPS) is 24.2. The van der Waals surface area contributed by atoms with Gasteiger partial charge in [0.2, 0.25) is 5.91 Å². The number of aromatic nitrogens is 3. The molecule has 8 bridgehead atoms. The number of Topliss-reactive ketones (excluding diaryl/α,β-unsaturated/α-hetero) is 1. The summed E-state index contributed by atoms with van der Waals surface area (Å²) in [7, 11) is -1.30. The van der Waals surface area contributed by atoms with Gasteiger partial charge in [-0.05, 0) is 86.7 Å². The Morgan fingerprint density at radius 2 is 1.88 bits per heavy atom. The van der Waals surface area contributed by atoms with Crippen LogP contribution >= 0.6 is 0 Å². The monoisotopic (exact) mass is 717 g/mol. The van der Waals surface area contributed by atoms with E-state index < -0.39 is 8.07 Å². The Hall–Kier alpha value is -3.12. The number of pyridine rings is 1. The molecule has 1 saturated heterocycles. The average molecular weight is 718 g/mol. The Morgan fingerprint density at radius 1 is 1.06 bits per heavy atom. The highest BCUT2D eigenvalue weighted by atomic mass is 28.3. The Bertz CT molecular complexity index is 1720. The first kappa shape index (κ1) is 37.6. The lowest BCUT2D eigenvalue weighted by atomic mass is 9.90. The molecule has 6 aliphatic heterocycles. The number of carbonyl (C=O) groups is 2. The highest BCUT2D eigenvalue weighted by Crippen LogP contribution is 2.59. The number of carbonyl (C=O) groups excluding carboxylic acids is 2. The van der Waals surface area contributed by atoms with E-state index in [0.717, 1.165) is 99.5 Å². The van der Waals surface area contributed by atoms with E-state index in [0.29, 0.717) is 57.1 Å². The minimum absolute atomic E-state index is 0.0193. The number of rotatable bonds is 12. The lowest BCUT2D eigenvalue weighted by Gasteiger charge is -2.33. The smallest absolute Gasteiger partial charge is 0.258 e. The van der Waals surface area contributed by atoms with Gasteiger partial charge >= 0.3 is 0 Å². The summed E-state index contributed by atoms with van der Waals surface area (Å²) in [6, 6.07) is 8.75. The fourth-order valence-electron chi connectivity index (χ4n) is 7.90. The first-order chi connectivity index (χ1) is 24.6. The zero-order valence-electron chi connectivity index (χ0n) is 31.4. The zero-order chi connectivity index (χ0) is 36.0. The lowest BCUT2D eigenvalue weighted by Crippen LogP contribution is -2.38. The van der Waals surface area contributed by atoms with Crippen LogP contribution in [-0.2, 0) is 32.3 Å². The maximum absolute atomic E-state index is 14.1. The van der Waals surface area contributed by atoms with Crippen LogP contribution in [-0.4, -0.2) is 78.2 Å². The molecule has 8 heterocycles. The van der Waals surface area contributed by atoms with E-state index in [9.17, 15) is 14.4 Å². The van der Waals surface area contributed by atoms with Crippen LogP contribution < -0.4 is 10.9 Å². The van der Waals surface area contributed by atoms with Crippen molar-refractivity contribution < 1.29 is 19.1 Å². The van der Waals surface area contributed by atoms with Crippen LogP contribution in [0.1, 0.15) is 83.0 Å². The van der Waals surface area contributed by atoms with Crippen molar-refractivity contribution in [3.8, 4) is 11.3 Å². The molecule has 2 atom stereocenters. The fraction of sp³-hybridized carbons (Fsp3) is 0.650. The van der Waals surface area contributed by atoms with E-state index in [4.69, 9.17) is 14.5 Å². The van der Waals surface area contributed by atoms with Crippen molar-refractivity contribution in [2.75, 3.05) is 39.5 Å². The van der Waals surface area contributed by atoms with Gasteiger partial charge in [-0.1, -0.05) is 45.5 Å². The predicted molar refractivity (Wildman–Crippen MR) is 204 cm³/mol. The molecular weight excluding hydrogens is 659 g/mol. The van der Waals surface area contributed by atoms with Crippen molar-refractivity contribution in [2.45, 2.75) is 116 Å². The third kappa shape index (κ3) is 9.46. The lowest BCUT2D eigenvalue weighted by molar-refractivity contribution is -0.124. The molecule has 51 heavy (non-hydrogen) atoms. The van der Waals surface area contributed by atoms with Gasteiger partial charge in [-0.25, -0.2) is 4.98 Å². The fourth-order valence-corrected chi connectivity index (χ4v) is 8.66.